The topological polar surface area (TPSA) is 87.1 Å². The second-order valence-corrected chi connectivity index (χ2v) is 8.62. The molecule has 2 N–H and O–H groups in total. The van der Waals surface area contributed by atoms with Crippen molar-refractivity contribution in [3.05, 3.63) is 65.2 Å². The van der Waals surface area contributed by atoms with Gasteiger partial charge in [0.15, 0.2) is 0 Å². The van der Waals surface area contributed by atoms with Crippen molar-refractivity contribution in [1.29, 1.82) is 0 Å². The lowest BCUT2D eigenvalue weighted by Crippen LogP contribution is -2.38. The van der Waals surface area contributed by atoms with E-state index in [9.17, 15) is 14.7 Å². The lowest BCUT2D eigenvalue weighted by molar-refractivity contribution is -0.148. The molecule has 0 spiro atoms. The van der Waals surface area contributed by atoms with Crippen molar-refractivity contribution in [3.63, 3.8) is 0 Å². The summed E-state index contributed by atoms with van der Waals surface area (Å²) in [6.45, 7) is 9.67. The molecule has 32 heavy (non-hydrogen) atoms. The van der Waals surface area contributed by atoms with Crippen LogP contribution in [-0.4, -0.2) is 45.7 Å². The van der Waals surface area contributed by atoms with E-state index in [1.807, 2.05) is 24.3 Å². The number of carboxylic acid groups (broad SMARTS) is 1. The average Bonchev–Trinajstić information content (AvgIpc) is 2.75. The van der Waals surface area contributed by atoms with Gasteiger partial charge in [-0.2, -0.15) is 0 Å². The van der Waals surface area contributed by atoms with Gasteiger partial charge >= 0.3 is 11.9 Å². The van der Waals surface area contributed by atoms with E-state index in [4.69, 9.17) is 9.84 Å². The summed E-state index contributed by atoms with van der Waals surface area (Å²) in [5.41, 5.74) is 2.67. The minimum Gasteiger partial charge on any atom is -0.508 e. The van der Waals surface area contributed by atoms with E-state index in [2.05, 4.69) is 44.7 Å². The molecule has 0 aromatic heterocycles. The van der Waals surface area contributed by atoms with Crippen LogP contribution in [0.4, 0.5) is 0 Å². The Morgan fingerprint density at radius 2 is 1.62 bits per heavy atom. The van der Waals surface area contributed by atoms with Crippen LogP contribution in [0.25, 0.3) is 0 Å². The fourth-order valence-corrected chi connectivity index (χ4v) is 4.00. The lowest BCUT2D eigenvalue weighted by atomic mass is 9.86. The summed E-state index contributed by atoms with van der Waals surface area (Å²) < 4.78 is 5.23. The largest absolute Gasteiger partial charge is 0.508 e. The number of carbonyl (C=O) groups is 2. The second-order valence-electron chi connectivity index (χ2n) is 8.62. The maximum Gasteiger partial charge on any atom is 0.306 e. The Morgan fingerprint density at radius 1 is 0.969 bits per heavy atom. The molecule has 0 bridgehead atoms. The number of aliphatic carboxylic acids is 1. The van der Waals surface area contributed by atoms with Crippen LogP contribution in [0.2, 0.25) is 0 Å². The van der Waals surface area contributed by atoms with E-state index in [1.54, 1.807) is 12.1 Å². The van der Waals surface area contributed by atoms with Crippen LogP contribution >= 0.6 is 0 Å². The number of ether oxygens (including phenoxy) is 1. The molecule has 0 aliphatic rings. The highest BCUT2D eigenvalue weighted by molar-refractivity contribution is 5.76. The van der Waals surface area contributed by atoms with Crippen LogP contribution in [0.15, 0.2) is 48.5 Å². The average molecular weight is 442 g/mol. The monoisotopic (exact) mass is 441 g/mol. The third kappa shape index (κ3) is 7.68. The highest BCUT2D eigenvalue weighted by Crippen LogP contribution is 2.35. The first-order valence-corrected chi connectivity index (χ1v) is 11.2. The molecule has 0 unspecified atom stereocenters. The molecular formula is C26H35NO5. The number of carbonyl (C=O) groups excluding carboxylic acids is 1. The standard InChI is InChI=1S/C26H35NO5/c1-18(2)27(19(3)4)15-14-22(21-8-6-5-7-9-21)23-16-20(10-11-24(23)28)17-32-26(31)13-12-25(29)30/h5-11,16,18-19,22,28H,12-15,17H2,1-4H3,(H,29,30)/t22-/m1/s1. The number of hydrogen-bond acceptors (Lipinski definition) is 5. The van der Waals surface area contributed by atoms with Crippen molar-refractivity contribution in [1.82, 2.24) is 4.90 Å². The zero-order valence-corrected chi connectivity index (χ0v) is 19.5. The molecule has 0 aliphatic heterocycles. The van der Waals surface area contributed by atoms with Gasteiger partial charge in [-0.05, 0) is 63.9 Å². The molecule has 2 rings (SSSR count). The van der Waals surface area contributed by atoms with Gasteiger partial charge in [-0.25, -0.2) is 0 Å². The first-order valence-electron chi connectivity index (χ1n) is 11.2. The van der Waals surface area contributed by atoms with Crippen molar-refractivity contribution in [2.24, 2.45) is 0 Å². The van der Waals surface area contributed by atoms with Crippen molar-refractivity contribution >= 4 is 11.9 Å². The van der Waals surface area contributed by atoms with E-state index in [1.165, 1.54) is 0 Å². The summed E-state index contributed by atoms with van der Waals surface area (Å²) in [6, 6.07) is 16.2. The van der Waals surface area contributed by atoms with Gasteiger partial charge in [0.25, 0.3) is 0 Å². The van der Waals surface area contributed by atoms with Crippen molar-refractivity contribution in [3.8, 4) is 5.75 Å². The number of rotatable bonds is 12. The van der Waals surface area contributed by atoms with Crippen molar-refractivity contribution < 1.29 is 24.5 Å². The zero-order chi connectivity index (χ0) is 23.7. The molecule has 2 aromatic rings. The van der Waals surface area contributed by atoms with E-state index in [-0.39, 0.29) is 31.1 Å². The molecule has 6 heteroatoms. The van der Waals surface area contributed by atoms with Crippen molar-refractivity contribution in [2.45, 2.75) is 71.6 Å². The smallest absolute Gasteiger partial charge is 0.306 e. The number of benzene rings is 2. The SMILES string of the molecule is CC(C)N(CC[C@H](c1ccccc1)c1cc(COC(=O)CCC(=O)O)ccc1O)C(C)C. The predicted molar refractivity (Wildman–Crippen MR) is 125 cm³/mol. The third-order valence-corrected chi connectivity index (χ3v) is 5.61. The molecule has 0 aliphatic carbocycles. The molecule has 0 saturated heterocycles. The second kappa shape index (κ2) is 12.2. The molecule has 0 saturated carbocycles. The van der Waals surface area contributed by atoms with Gasteiger partial charge in [0.05, 0.1) is 12.8 Å². The van der Waals surface area contributed by atoms with Crippen LogP contribution in [0.5, 0.6) is 5.75 Å². The highest BCUT2D eigenvalue weighted by Gasteiger charge is 2.22. The summed E-state index contributed by atoms with van der Waals surface area (Å²) in [6.07, 6.45) is 0.418. The minimum absolute atomic E-state index is 0.0149. The first-order chi connectivity index (χ1) is 15.2. The molecule has 2 aromatic carbocycles. The summed E-state index contributed by atoms with van der Waals surface area (Å²) in [5, 5.41) is 19.4. The summed E-state index contributed by atoms with van der Waals surface area (Å²) in [7, 11) is 0. The van der Waals surface area contributed by atoms with Crippen molar-refractivity contribution in [2.75, 3.05) is 6.54 Å². The quantitative estimate of drug-likeness (QED) is 0.454. The Morgan fingerprint density at radius 3 is 2.22 bits per heavy atom. The molecule has 174 valence electrons. The van der Waals surface area contributed by atoms with Crippen LogP contribution in [0, 0.1) is 0 Å². The van der Waals surface area contributed by atoms with Gasteiger partial charge in [0.1, 0.15) is 12.4 Å². The summed E-state index contributed by atoms with van der Waals surface area (Å²) in [4.78, 5) is 24.8. The van der Waals surface area contributed by atoms with Crippen LogP contribution < -0.4 is 0 Å². The normalized spacial score (nSPS) is 12.3. The van der Waals surface area contributed by atoms with Gasteiger partial charge in [-0.3, -0.25) is 14.5 Å². The van der Waals surface area contributed by atoms with E-state index in [0.717, 1.165) is 29.7 Å². The fraction of sp³-hybridized carbons (Fsp3) is 0.462. The van der Waals surface area contributed by atoms with Gasteiger partial charge in [0.2, 0.25) is 0 Å². The van der Waals surface area contributed by atoms with Gasteiger partial charge in [-0.1, -0.05) is 36.4 Å². The maximum absolute atomic E-state index is 11.8. The van der Waals surface area contributed by atoms with Crippen LogP contribution in [0.1, 0.15) is 69.6 Å². The molecular weight excluding hydrogens is 406 g/mol. The first kappa shape index (κ1) is 25.4. The molecule has 0 heterocycles. The number of phenols is 1. The Hall–Kier alpha value is -2.86. The van der Waals surface area contributed by atoms with Crippen LogP contribution in [-0.2, 0) is 20.9 Å². The molecule has 0 radical (unpaired) electrons. The van der Waals surface area contributed by atoms with E-state index >= 15 is 0 Å². The number of aromatic hydroxyl groups is 1. The maximum atomic E-state index is 11.8. The molecule has 0 fully saturated rings. The summed E-state index contributed by atoms with van der Waals surface area (Å²) in [5.74, 6) is -1.39. The minimum atomic E-state index is -1.03. The predicted octanol–water partition coefficient (Wildman–Crippen LogP) is 4.94. The molecule has 6 nitrogen and oxygen atoms in total. The number of hydrogen-bond donors (Lipinski definition) is 2. The Balaban J connectivity index is 2.24. The van der Waals surface area contributed by atoms with E-state index < -0.39 is 11.9 Å². The Kier molecular flexibility index (Phi) is 9.72. The number of carboxylic acids is 1. The molecule has 0 amide bonds. The van der Waals surface area contributed by atoms with Gasteiger partial charge in [0, 0.05) is 23.6 Å². The number of nitrogens with zero attached hydrogens (tertiary/aromatic N) is 1. The van der Waals surface area contributed by atoms with E-state index in [0.29, 0.717) is 12.1 Å². The van der Waals surface area contributed by atoms with Crippen LogP contribution in [0.3, 0.4) is 0 Å². The Labute approximate surface area is 190 Å². The Bertz CT molecular complexity index is 871. The van der Waals surface area contributed by atoms with Gasteiger partial charge < -0.3 is 14.9 Å². The highest BCUT2D eigenvalue weighted by atomic mass is 16.5. The summed E-state index contributed by atoms with van der Waals surface area (Å²) >= 11 is 0. The fourth-order valence-electron chi connectivity index (χ4n) is 4.00. The lowest BCUT2D eigenvalue weighted by Gasteiger charge is -2.32. The number of phenolic OH excluding ortho intramolecular Hbond substituents is 1. The number of esters is 1. The van der Waals surface area contributed by atoms with Gasteiger partial charge in [-0.15, -0.1) is 0 Å². The third-order valence-electron chi connectivity index (χ3n) is 5.61. The zero-order valence-electron chi connectivity index (χ0n) is 19.5. The molecule has 1 atom stereocenters.